The van der Waals surface area contributed by atoms with Crippen molar-refractivity contribution in [2.24, 2.45) is 0 Å². The van der Waals surface area contributed by atoms with Crippen LogP contribution in [0.3, 0.4) is 0 Å². The van der Waals surface area contributed by atoms with E-state index in [1.807, 2.05) is 0 Å². The zero-order chi connectivity index (χ0) is 12.5. The first-order valence-corrected chi connectivity index (χ1v) is 6.37. The average Bonchev–Trinajstić information content (AvgIpc) is 2.16. The molecule has 0 aliphatic rings. The van der Waals surface area contributed by atoms with Crippen LogP contribution in [0.25, 0.3) is 0 Å². The fourth-order valence-corrected chi connectivity index (χ4v) is 2.48. The summed E-state index contributed by atoms with van der Waals surface area (Å²) in [6.45, 7) is 2.93. The molecule has 0 heterocycles. The van der Waals surface area contributed by atoms with Crippen molar-refractivity contribution in [1.82, 2.24) is 0 Å². The Labute approximate surface area is 98.1 Å². The number of nitro benzene ring substituents is 1. The van der Waals surface area contributed by atoms with E-state index in [0.717, 1.165) is 12.1 Å². The van der Waals surface area contributed by atoms with Gasteiger partial charge in [0.2, 0.25) is 0 Å². The van der Waals surface area contributed by atoms with E-state index in [9.17, 15) is 18.5 Å². The Morgan fingerprint density at radius 1 is 1.38 bits per heavy atom. The molecule has 0 unspecified atom stereocenters. The summed E-state index contributed by atoms with van der Waals surface area (Å²) >= 11 is 5.59. The fourth-order valence-electron chi connectivity index (χ4n) is 1.13. The summed E-state index contributed by atoms with van der Waals surface area (Å²) in [6.07, 6.45) is 0. The first-order valence-electron chi connectivity index (χ1n) is 4.44. The van der Waals surface area contributed by atoms with Crippen LogP contribution >= 0.6 is 11.6 Å². The maximum Gasteiger partial charge on any atom is 0.289 e. The van der Waals surface area contributed by atoms with Crippen molar-refractivity contribution in [3.8, 4) is 0 Å². The number of hydrogen-bond donors (Lipinski definition) is 0. The summed E-state index contributed by atoms with van der Waals surface area (Å²) in [6, 6.07) is 3.52. The van der Waals surface area contributed by atoms with Gasteiger partial charge in [0.25, 0.3) is 5.69 Å². The molecule has 0 bridgehead atoms. The minimum Gasteiger partial charge on any atom is -0.258 e. The molecule has 0 aliphatic heterocycles. The van der Waals surface area contributed by atoms with Crippen LogP contribution in [0.1, 0.15) is 13.8 Å². The van der Waals surface area contributed by atoms with Gasteiger partial charge in [0.15, 0.2) is 9.84 Å². The van der Waals surface area contributed by atoms with Gasteiger partial charge in [0.05, 0.1) is 10.2 Å². The lowest BCUT2D eigenvalue weighted by Gasteiger charge is -2.08. The monoisotopic (exact) mass is 263 g/mol. The van der Waals surface area contributed by atoms with Crippen LogP contribution in [-0.2, 0) is 9.84 Å². The second-order valence-electron chi connectivity index (χ2n) is 3.46. The Bertz CT molecular complexity index is 524. The molecule has 0 aromatic heterocycles. The highest BCUT2D eigenvalue weighted by Crippen LogP contribution is 2.29. The van der Waals surface area contributed by atoms with Crippen LogP contribution in [0.5, 0.6) is 0 Å². The molecule has 16 heavy (non-hydrogen) atoms. The molecule has 0 atom stereocenters. The van der Waals surface area contributed by atoms with Crippen LogP contribution in [0.2, 0.25) is 5.02 Å². The highest BCUT2D eigenvalue weighted by molar-refractivity contribution is 7.92. The SMILES string of the molecule is CC(C)S(=O)(=O)c1ccc(Cl)cc1[N+](=O)[O-]. The number of benzene rings is 1. The van der Waals surface area contributed by atoms with Crippen LogP contribution in [0, 0.1) is 10.1 Å². The summed E-state index contributed by atoms with van der Waals surface area (Å²) < 4.78 is 23.6. The molecular weight excluding hydrogens is 254 g/mol. The van der Waals surface area contributed by atoms with Crippen molar-refractivity contribution in [3.05, 3.63) is 33.3 Å². The van der Waals surface area contributed by atoms with Gasteiger partial charge in [0.1, 0.15) is 4.90 Å². The first kappa shape index (κ1) is 12.9. The molecule has 0 fully saturated rings. The van der Waals surface area contributed by atoms with Gasteiger partial charge in [-0.1, -0.05) is 11.6 Å². The third-order valence-electron chi connectivity index (χ3n) is 2.04. The topological polar surface area (TPSA) is 77.3 Å². The maximum absolute atomic E-state index is 11.8. The number of hydrogen-bond acceptors (Lipinski definition) is 4. The Morgan fingerprint density at radius 3 is 2.38 bits per heavy atom. The van der Waals surface area contributed by atoms with E-state index in [0.29, 0.717) is 0 Å². The Kier molecular flexibility index (Phi) is 3.54. The van der Waals surface area contributed by atoms with Crippen LogP contribution in [0.15, 0.2) is 23.1 Å². The predicted molar refractivity (Wildman–Crippen MR) is 60.4 cm³/mol. The summed E-state index contributed by atoms with van der Waals surface area (Å²) in [4.78, 5) is 9.68. The third-order valence-corrected chi connectivity index (χ3v) is 4.48. The number of sulfone groups is 1. The van der Waals surface area contributed by atoms with Gasteiger partial charge in [-0.15, -0.1) is 0 Å². The molecule has 0 aliphatic carbocycles. The molecule has 1 aromatic carbocycles. The van der Waals surface area contributed by atoms with Crippen LogP contribution in [-0.4, -0.2) is 18.6 Å². The van der Waals surface area contributed by atoms with Crippen molar-refractivity contribution < 1.29 is 13.3 Å². The summed E-state index contributed by atoms with van der Waals surface area (Å²) in [5.41, 5.74) is -0.485. The molecule has 0 radical (unpaired) electrons. The van der Waals surface area contributed by atoms with Crippen LogP contribution in [0.4, 0.5) is 5.69 Å². The van der Waals surface area contributed by atoms with E-state index in [2.05, 4.69) is 0 Å². The summed E-state index contributed by atoms with van der Waals surface area (Å²) in [5.74, 6) is 0. The van der Waals surface area contributed by atoms with Crippen molar-refractivity contribution in [1.29, 1.82) is 0 Å². The molecule has 1 aromatic rings. The first-order chi connectivity index (χ1) is 7.26. The lowest BCUT2D eigenvalue weighted by Crippen LogP contribution is -2.15. The fraction of sp³-hybridized carbons (Fsp3) is 0.333. The normalized spacial score (nSPS) is 11.8. The second-order valence-corrected chi connectivity index (χ2v) is 6.37. The molecule has 0 saturated carbocycles. The van der Waals surface area contributed by atoms with Crippen molar-refractivity contribution in [3.63, 3.8) is 0 Å². The summed E-state index contributed by atoms with van der Waals surface area (Å²) in [7, 11) is -3.67. The van der Waals surface area contributed by atoms with Gasteiger partial charge >= 0.3 is 0 Å². The third kappa shape index (κ3) is 2.33. The molecule has 7 heteroatoms. The zero-order valence-electron chi connectivity index (χ0n) is 8.68. The molecule has 0 spiro atoms. The number of nitrogens with zero attached hydrogens (tertiary/aromatic N) is 1. The van der Waals surface area contributed by atoms with Crippen molar-refractivity contribution in [2.75, 3.05) is 0 Å². The minimum atomic E-state index is -3.67. The molecule has 1 rings (SSSR count). The van der Waals surface area contributed by atoms with E-state index in [4.69, 9.17) is 11.6 Å². The molecule has 0 N–H and O–H groups in total. The van der Waals surface area contributed by atoms with Gasteiger partial charge < -0.3 is 0 Å². The smallest absolute Gasteiger partial charge is 0.258 e. The van der Waals surface area contributed by atoms with E-state index < -0.39 is 25.7 Å². The highest BCUT2D eigenvalue weighted by Gasteiger charge is 2.28. The Hall–Kier alpha value is -1.14. The van der Waals surface area contributed by atoms with Gasteiger partial charge in [-0.25, -0.2) is 8.42 Å². The van der Waals surface area contributed by atoms with E-state index in [-0.39, 0.29) is 9.92 Å². The van der Waals surface area contributed by atoms with Crippen molar-refractivity contribution in [2.45, 2.75) is 24.0 Å². The molecule has 0 amide bonds. The van der Waals surface area contributed by atoms with Gasteiger partial charge in [0, 0.05) is 11.1 Å². The standard InChI is InChI=1S/C9H10ClNO4S/c1-6(2)16(14,15)9-4-3-7(10)5-8(9)11(12)13/h3-6H,1-2H3. The quantitative estimate of drug-likeness (QED) is 0.620. The molecular formula is C9H10ClNO4S. The number of rotatable bonds is 3. The molecule has 88 valence electrons. The largest absolute Gasteiger partial charge is 0.289 e. The number of nitro groups is 1. The predicted octanol–water partition coefficient (Wildman–Crippen LogP) is 2.43. The van der Waals surface area contributed by atoms with Crippen molar-refractivity contribution >= 4 is 27.1 Å². The van der Waals surface area contributed by atoms with Crippen LogP contribution < -0.4 is 0 Å². The lowest BCUT2D eigenvalue weighted by molar-refractivity contribution is -0.387. The Morgan fingerprint density at radius 2 is 1.94 bits per heavy atom. The second kappa shape index (κ2) is 4.39. The highest BCUT2D eigenvalue weighted by atomic mass is 35.5. The van der Waals surface area contributed by atoms with E-state index >= 15 is 0 Å². The van der Waals surface area contributed by atoms with Gasteiger partial charge in [-0.3, -0.25) is 10.1 Å². The van der Waals surface area contributed by atoms with E-state index in [1.165, 1.54) is 19.9 Å². The zero-order valence-corrected chi connectivity index (χ0v) is 10.2. The van der Waals surface area contributed by atoms with Gasteiger partial charge in [-0.2, -0.15) is 0 Å². The maximum atomic E-state index is 11.8. The Balaban J connectivity index is 3.52. The number of halogens is 1. The van der Waals surface area contributed by atoms with Gasteiger partial charge in [-0.05, 0) is 26.0 Å². The minimum absolute atomic E-state index is 0.134. The van der Waals surface area contributed by atoms with E-state index in [1.54, 1.807) is 0 Å². The average molecular weight is 264 g/mol. The molecule has 5 nitrogen and oxygen atoms in total. The lowest BCUT2D eigenvalue weighted by atomic mass is 10.3. The summed E-state index contributed by atoms with van der Waals surface area (Å²) in [5, 5.41) is 10.1. The molecule has 0 saturated heterocycles.